The number of rotatable bonds is 5. The van der Waals surface area contributed by atoms with E-state index >= 15 is 0 Å². The third kappa shape index (κ3) is 4.84. The minimum Gasteiger partial charge on any atom is -0.490 e. The molecule has 0 radical (unpaired) electrons. The van der Waals surface area contributed by atoms with Gasteiger partial charge < -0.3 is 15.8 Å². The summed E-state index contributed by atoms with van der Waals surface area (Å²) in [5, 5.41) is 18.7. The van der Waals surface area contributed by atoms with E-state index in [0.29, 0.717) is 23.1 Å². The zero-order valence-corrected chi connectivity index (χ0v) is 17.1. The van der Waals surface area contributed by atoms with E-state index in [1.165, 1.54) is 25.5 Å². The Morgan fingerprint density at radius 1 is 1.23 bits per heavy atom. The summed E-state index contributed by atoms with van der Waals surface area (Å²) < 4.78 is 20.8. The van der Waals surface area contributed by atoms with Gasteiger partial charge in [-0.05, 0) is 44.9 Å². The average molecular weight is 430 g/mol. The van der Waals surface area contributed by atoms with E-state index in [-0.39, 0.29) is 22.4 Å². The van der Waals surface area contributed by atoms with Gasteiger partial charge in [0.1, 0.15) is 17.6 Å². The minimum atomic E-state index is -0.564. The van der Waals surface area contributed by atoms with Crippen LogP contribution in [-0.2, 0) is 0 Å². The van der Waals surface area contributed by atoms with Crippen LogP contribution < -0.4 is 15.8 Å². The highest BCUT2D eigenvalue weighted by Crippen LogP contribution is 2.38. The van der Waals surface area contributed by atoms with E-state index in [4.69, 9.17) is 21.6 Å². The predicted octanol–water partition coefficient (Wildman–Crippen LogP) is 4.17. The molecule has 1 saturated carbocycles. The van der Waals surface area contributed by atoms with Gasteiger partial charge in [0.15, 0.2) is 17.3 Å². The average Bonchev–Trinajstić information content (AvgIpc) is 3.45. The van der Waals surface area contributed by atoms with Crippen LogP contribution in [0.5, 0.6) is 5.75 Å². The van der Waals surface area contributed by atoms with Crippen molar-refractivity contribution in [2.24, 2.45) is 5.73 Å². The molecule has 1 aromatic carbocycles. The molecule has 0 unspecified atom stereocenters. The van der Waals surface area contributed by atoms with Crippen LogP contribution in [0.2, 0.25) is 5.02 Å². The van der Waals surface area contributed by atoms with E-state index in [1.54, 1.807) is 12.1 Å². The molecule has 0 aliphatic heterocycles. The molecule has 3 aromatic rings. The molecule has 2 aromatic heterocycles. The molecule has 8 nitrogen and oxygen atoms in total. The van der Waals surface area contributed by atoms with Gasteiger partial charge >= 0.3 is 0 Å². The van der Waals surface area contributed by atoms with Gasteiger partial charge in [-0.2, -0.15) is 10.4 Å². The summed E-state index contributed by atoms with van der Waals surface area (Å²) in [5.41, 5.74) is 5.38. The second kappa shape index (κ2) is 10.0. The van der Waals surface area contributed by atoms with Crippen LogP contribution in [0.15, 0.2) is 30.6 Å². The van der Waals surface area contributed by atoms with Crippen molar-refractivity contribution in [1.29, 1.82) is 5.26 Å². The molecule has 0 saturated heterocycles. The van der Waals surface area contributed by atoms with Gasteiger partial charge in [-0.15, -0.1) is 0 Å². The summed E-state index contributed by atoms with van der Waals surface area (Å²) in [5.74, 6) is 0.693. The van der Waals surface area contributed by atoms with Gasteiger partial charge in [0.25, 0.3) is 0 Å². The molecule has 30 heavy (non-hydrogen) atoms. The summed E-state index contributed by atoms with van der Waals surface area (Å²) in [7, 11) is 1.50. The van der Waals surface area contributed by atoms with Crippen molar-refractivity contribution in [1.82, 2.24) is 20.2 Å². The molecule has 4 N–H and O–H groups in total. The van der Waals surface area contributed by atoms with Crippen LogP contribution in [0.4, 0.5) is 16.0 Å². The first-order chi connectivity index (χ1) is 14.6. The number of halogens is 2. The smallest absolute Gasteiger partial charge is 0.158 e. The van der Waals surface area contributed by atoms with Gasteiger partial charge in [0, 0.05) is 6.07 Å². The lowest BCUT2D eigenvalue weighted by Gasteiger charge is -2.16. The standard InChI is InChI=1S/C19H16ClFN6O.CH5N/c20-13-5-6-15(28-12-3-1-2-4-12)18(19(13)21)14-7-16(27-26-14)25-17-10-23-11(8-22)9-24-17;1-2/h5-7,9-10,12H,1-4H2,(H2,24,25,26,27);2H2,1H3. The van der Waals surface area contributed by atoms with E-state index in [2.05, 4.69) is 31.2 Å². The third-order valence-electron chi connectivity index (χ3n) is 4.52. The van der Waals surface area contributed by atoms with Gasteiger partial charge in [-0.1, -0.05) is 11.6 Å². The number of ether oxygens (including phenoxy) is 1. The Morgan fingerprint density at radius 2 is 2.00 bits per heavy atom. The van der Waals surface area contributed by atoms with Crippen LogP contribution in [0.3, 0.4) is 0 Å². The van der Waals surface area contributed by atoms with Crippen LogP contribution in [0, 0.1) is 17.1 Å². The lowest BCUT2D eigenvalue weighted by Crippen LogP contribution is -2.12. The van der Waals surface area contributed by atoms with E-state index in [1.807, 2.05) is 6.07 Å². The van der Waals surface area contributed by atoms with Gasteiger partial charge in [-0.25, -0.2) is 14.4 Å². The Labute approximate surface area is 178 Å². The molecule has 10 heteroatoms. The number of aromatic amines is 1. The number of aromatic nitrogens is 4. The van der Waals surface area contributed by atoms with Crippen LogP contribution in [0.1, 0.15) is 31.4 Å². The molecule has 0 bridgehead atoms. The van der Waals surface area contributed by atoms with Gasteiger partial charge in [0.2, 0.25) is 0 Å². The number of H-pyrrole nitrogens is 1. The summed E-state index contributed by atoms with van der Waals surface area (Å²) >= 11 is 5.99. The SMILES string of the molecule is CN.N#Cc1cnc(Nc2cc(-c3c(OC4CCCC4)ccc(Cl)c3F)[nH]n2)cn1. The first-order valence-electron chi connectivity index (χ1n) is 9.41. The zero-order valence-electron chi connectivity index (χ0n) is 16.3. The Hall–Kier alpha value is -3.22. The van der Waals surface area contributed by atoms with E-state index < -0.39 is 5.82 Å². The Morgan fingerprint density at radius 3 is 2.67 bits per heavy atom. The number of nitrogens with two attached hydrogens (primary N) is 1. The number of hydrogen-bond acceptors (Lipinski definition) is 7. The predicted molar refractivity (Wildman–Crippen MR) is 112 cm³/mol. The quantitative estimate of drug-likeness (QED) is 0.555. The highest BCUT2D eigenvalue weighted by atomic mass is 35.5. The lowest BCUT2D eigenvalue weighted by molar-refractivity contribution is 0.210. The number of anilines is 2. The molecular formula is C20H21ClFN7O. The second-order valence-electron chi connectivity index (χ2n) is 6.45. The number of hydrogen-bond donors (Lipinski definition) is 3. The van der Waals surface area contributed by atoms with Crippen LogP contribution in [0.25, 0.3) is 11.3 Å². The first kappa shape index (κ1) is 21.5. The lowest BCUT2D eigenvalue weighted by atomic mass is 10.1. The summed E-state index contributed by atoms with van der Waals surface area (Å²) in [4.78, 5) is 8.01. The summed E-state index contributed by atoms with van der Waals surface area (Å²) in [6, 6.07) is 6.71. The molecule has 4 rings (SSSR count). The normalized spacial score (nSPS) is 13.3. The molecule has 1 aliphatic carbocycles. The third-order valence-corrected chi connectivity index (χ3v) is 4.81. The summed E-state index contributed by atoms with van der Waals surface area (Å²) in [6.07, 6.45) is 6.98. The monoisotopic (exact) mass is 429 g/mol. The van der Waals surface area contributed by atoms with Gasteiger partial charge in [0.05, 0.1) is 34.8 Å². The Bertz CT molecular complexity index is 1030. The van der Waals surface area contributed by atoms with Crippen molar-refractivity contribution in [2.75, 3.05) is 12.4 Å². The number of nitrogens with one attached hydrogen (secondary N) is 2. The molecule has 2 heterocycles. The molecular weight excluding hydrogens is 409 g/mol. The maximum absolute atomic E-state index is 14.8. The van der Waals surface area contributed by atoms with Crippen molar-refractivity contribution >= 4 is 23.2 Å². The van der Waals surface area contributed by atoms with Gasteiger partial charge in [-0.3, -0.25) is 5.10 Å². The molecule has 1 aliphatic rings. The fourth-order valence-corrected chi connectivity index (χ4v) is 3.32. The molecule has 0 spiro atoms. The molecule has 156 valence electrons. The number of benzene rings is 1. The van der Waals surface area contributed by atoms with Crippen molar-refractivity contribution < 1.29 is 9.13 Å². The molecule has 0 amide bonds. The largest absolute Gasteiger partial charge is 0.490 e. The highest BCUT2D eigenvalue weighted by Gasteiger charge is 2.22. The minimum absolute atomic E-state index is 0.0100. The molecule has 0 atom stereocenters. The van der Waals surface area contributed by atoms with Crippen LogP contribution >= 0.6 is 11.6 Å². The topological polar surface area (TPSA) is 126 Å². The fraction of sp³-hybridized carbons (Fsp3) is 0.300. The van der Waals surface area contributed by atoms with Crippen molar-refractivity contribution in [3.05, 3.63) is 47.1 Å². The Balaban J connectivity index is 0.00000124. The maximum atomic E-state index is 14.8. The Kier molecular flexibility index (Phi) is 7.17. The van der Waals surface area contributed by atoms with Crippen molar-refractivity contribution in [3.8, 4) is 23.1 Å². The highest BCUT2D eigenvalue weighted by molar-refractivity contribution is 6.31. The second-order valence-corrected chi connectivity index (χ2v) is 6.86. The van der Waals surface area contributed by atoms with E-state index in [9.17, 15) is 4.39 Å². The maximum Gasteiger partial charge on any atom is 0.158 e. The van der Waals surface area contributed by atoms with Crippen molar-refractivity contribution in [3.63, 3.8) is 0 Å². The van der Waals surface area contributed by atoms with E-state index in [0.717, 1.165) is 25.7 Å². The summed E-state index contributed by atoms with van der Waals surface area (Å²) in [6.45, 7) is 0. The zero-order chi connectivity index (χ0) is 21.5. The molecule has 1 fully saturated rings. The fourth-order valence-electron chi connectivity index (χ4n) is 3.16. The first-order valence-corrected chi connectivity index (χ1v) is 9.79. The van der Waals surface area contributed by atoms with Crippen LogP contribution in [-0.4, -0.2) is 33.3 Å². The number of nitriles is 1. The van der Waals surface area contributed by atoms with Crippen molar-refractivity contribution in [2.45, 2.75) is 31.8 Å². The number of nitrogens with zero attached hydrogens (tertiary/aromatic N) is 4.